The number of aromatic nitrogens is 1. The highest BCUT2D eigenvalue weighted by Crippen LogP contribution is 2.54. The molecule has 0 radical (unpaired) electrons. The zero-order valence-electron chi connectivity index (χ0n) is 10.7. The van der Waals surface area contributed by atoms with Crippen LogP contribution in [0.3, 0.4) is 0 Å². The zero-order valence-corrected chi connectivity index (χ0v) is 11.6. The van der Waals surface area contributed by atoms with Crippen molar-refractivity contribution in [3.63, 3.8) is 0 Å². The Labute approximate surface area is 117 Å². The molecule has 2 N–H and O–H groups in total. The van der Waals surface area contributed by atoms with Gasteiger partial charge in [0.1, 0.15) is 0 Å². The molecule has 1 unspecified atom stereocenters. The third-order valence-electron chi connectivity index (χ3n) is 3.85. The molecule has 1 aliphatic rings. The van der Waals surface area contributed by atoms with Gasteiger partial charge in [0.2, 0.25) is 0 Å². The van der Waals surface area contributed by atoms with Crippen molar-refractivity contribution in [2.24, 2.45) is 5.41 Å². The quantitative estimate of drug-likeness (QED) is 0.851. The molecule has 0 amide bonds. The number of benzene rings is 1. The van der Waals surface area contributed by atoms with Crippen LogP contribution in [0.2, 0.25) is 0 Å². The van der Waals surface area contributed by atoms with Crippen molar-refractivity contribution in [3.05, 3.63) is 52.5 Å². The Kier molecular flexibility index (Phi) is 3.64. The van der Waals surface area contributed by atoms with Crippen LogP contribution in [0.1, 0.15) is 29.4 Å². The number of aliphatic hydroxyl groups excluding tert-OH is 1. The van der Waals surface area contributed by atoms with Crippen LogP contribution in [-0.4, -0.2) is 16.6 Å². The average Bonchev–Trinajstić information content (AvgIpc) is 3.06. The van der Waals surface area contributed by atoms with E-state index in [1.807, 2.05) is 42.0 Å². The Morgan fingerprint density at radius 1 is 1.32 bits per heavy atom. The fourth-order valence-electron chi connectivity index (χ4n) is 2.46. The molecule has 1 fully saturated rings. The summed E-state index contributed by atoms with van der Waals surface area (Å²) in [7, 11) is 0. The minimum atomic E-state index is -0.359. The van der Waals surface area contributed by atoms with Crippen molar-refractivity contribution in [1.82, 2.24) is 10.3 Å². The van der Waals surface area contributed by atoms with Crippen LogP contribution < -0.4 is 5.32 Å². The van der Waals surface area contributed by atoms with E-state index in [0.717, 1.165) is 31.5 Å². The van der Waals surface area contributed by atoms with Crippen molar-refractivity contribution in [1.29, 1.82) is 0 Å². The zero-order chi connectivity index (χ0) is 13.1. The first-order valence-electron chi connectivity index (χ1n) is 6.61. The number of rotatable bonds is 6. The molecule has 19 heavy (non-hydrogen) atoms. The molecule has 100 valence electrons. The van der Waals surface area contributed by atoms with Crippen molar-refractivity contribution in [2.45, 2.75) is 25.5 Å². The fourth-order valence-corrected chi connectivity index (χ4v) is 3.02. The number of aliphatic hydroxyl groups is 1. The van der Waals surface area contributed by atoms with Gasteiger partial charge in [0.15, 0.2) is 0 Å². The van der Waals surface area contributed by atoms with Crippen LogP contribution in [0, 0.1) is 5.41 Å². The lowest BCUT2D eigenvalue weighted by molar-refractivity contribution is 0.0918. The van der Waals surface area contributed by atoms with Crippen molar-refractivity contribution in [3.8, 4) is 0 Å². The monoisotopic (exact) mass is 274 g/mol. The Balaban J connectivity index is 1.57. The van der Waals surface area contributed by atoms with Crippen molar-refractivity contribution < 1.29 is 5.11 Å². The van der Waals surface area contributed by atoms with Crippen molar-refractivity contribution in [2.75, 3.05) is 6.54 Å². The number of hydrogen-bond donors (Lipinski definition) is 2. The van der Waals surface area contributed by atoms with Crippen LogP contribution in [0.4, 0.5) is 0 Å². The van der Waals surface area contributed by atoms with E-state index in [0.29, 0.717) is 0 Å². The second-order valence-electron chi connectivity index (χ2n) is 5.25. The van der Waals surface area contributed by atoms with Gasteiger partial charge >= 0.3 is 0 Å². The van der Waals surface area contributed by atoms with E-state index in [-0.39, 0.29) is 11.5 Å². The Bertz CT molecular complexity index is 508. The summed E-state index contributed by atoms with van der Waals surface area (Å²) in [5.74, 6) is 0. The molecule has 1 atom stereocenters. The summed E-state index contributed by atoms with van der Waals surface area (Å²) in [6.45, 7) is 1.70. The number of hydrogen-bond acceptors (Lipinski definition) is 4. The van der Waals surface area contributed by atoms with Gasteiger partial charge in [0.25, 0.3) is 0 Å². The van der Waals surface area contributed by atoms with Gasteiger partial charge in [-0.2, -0.15) is 0 Å². The van der Waals surface area contributed by atoms with E-state index in [2.05, 4.69) is 10.3 Å². The predicted octanol–water partition coefficient (Wildman–Crippen LogP) is 2.75. The molecule has 3 nitrogen and oxygen atoms in total. The van der Waals surface area contributed by atoms with Crippen LogP contribution in [0.25, 0.3) is 0 Å². The molecule has 2 aromatic rings. The predicted molar refractivity (Wildman–Crippen MR) is 76.9 cm³/mol. The Morgan fingerprint density at radius 2 is 2.11 bits per heavy atom. The SMILES string of the molecule is OC(c1ccccc1)C1(CNCc2cncs2)CC1. The van der Waals surface area contributed by atoms with E-state index in [4.69, 9.17) is 0 Å². The lowest BCUT2D eigenvalue weighted by atomic mass is 9.93. The molecular weight excluding hydrogens is 256 g/mol. The van der Waals surface area contributed by atoms with Gasteiger partial charge in [-0.3, -0.25) is 4.98 Å². The first-order valence-corrected chi connectivity index (χ1v) is 7.49. The highest BCUT2D eigenvalue weighted by molar-refractivity contribution is 7.09. The summed E-state index contributed by atoms with van der Waals surface area (Å²) >= 11 is 1.66. The van der Waals surface area contributed by atoms with Gasteiger partial charge in [0.05, 0.1) is 11.6 Å². The van der Waals surface area contributed by atoms with Gasteiger partial charge < -0.3 is 10.4 Å². The second-order valence-corrected chi connectivity index (χ2v) is 6.22. The second kappa shape index (κ2) is 5.41. The van der Waals surface area contributed by atoms with Gasteiger partial charge in [-0.1, -0.05) is 30.3 Å². The van der Waals surface area contributed by atoms with Crippen LogP contribution in [0.5, 0.6) is 0 Å². The largest absolute Gasteiger partial charge is 0.388 e. The number of nitrogens with one attached hydrogen (secondary N) is 1. The van der Waals surface area contributed by atoms with E-state index in [1.165, 1.54) is 4.88 Å². The normalized spacial score (nSPS) is 18.2. The number of thiazole rings is 1. The summed E-state index contributed by atoms with van der Waals surface area (Å²) in [5, 5.41) is 14.0. The molecule has 0 spiro atoms. The first-order chi connectivity index (χ1) is 9.30. The maximum Gasteiger partial charge on any atom is 0.0858 e. The van der Waals surface area contributed by atoms with Crippen molar-refractivity contribution >= 4 is 11.3 Å². The Morgan fingerprint density at radius 3 is 2.74 bits per heavy atom. The minimum absolute atomic E-state index is 0.0338. The maximum atomic E-state index is 10.5. The maximum absolute atomic E-state index is 10.5. The molecule has 0 aliphatic heterocycles. The van der Waals surface area contributed by atoms with Gasteiger partial charge in [-0.15, -0.1) is 11.3 Å². The fraction of sp³-hybridized carbons (Fsp3) is 0.400. The summed E-state index contributed by atoms with van der Waals surface area (Å²) in [5.41, 5.74) is 2.91. The lowest BCUT2D eigenvalue weighted by Crippen LogP contribution is -2.28. The number of nitrogens with zero attached hydrogens (tertiary/aromatic N) is 1. The van der Waals surface area contributed by atoms with Crippen LogP contribution in [0.15, 0.2) is 42.0 Å². The van der Waals surface area contributed by atoms with Gasteiger partial charge in [-0.25, -0.2) is 0 Å². The van der Waals surface area contributed by atoms with E-state index < -0.39 is 0 Å². The summed E-state index contributed by atoms with van der Waals surface area (Å²) in [4.78, 5) is 5.31. The molecule has 3 rings (SSSR count). The van der Waals surface area contributed by atoms with Crippen LogP contribution in [-0.2, 0) is 6.54 Å². The standard InChI is InChI=1S/C15H18N2OS/c18-14(12-4-2-1-3-5-12)15(6-7-15)10-16-8-13-9-17-11-19-13/h1-5,9,11,14,16,18H,6-8,10H2. The molecular formula is C15H18N2OS. The van der Waals surface area contributed by atoms with E-state index in [1.54, 1.807) is 11.3 Å². The molecule has 1 aromatic carbocycles. The molecule has 1 aromatic heterocycles. The smallest absolute Gasteiger partial charge is 0.0858 e. The molecule has 1 heterocycles. The van der Waals surface area contributed by atoms with Crippen LogP contribution >= 0.6 is 11.3 Å². The van der Waals surface area contributed by atoms with E-state index >= 15 is 0 Å². The van der Waals surface area contributed by atoms with Gasteiger partial charge in [-0.05, 0) is 18.4 Å². The highest BCUT2D eigenvalue weighted by atomic mass is 32.1. The molecule has 0 bridgehead atoms. The summed E-state index contributed by atoms with van der Waals surface area (Å²) in [6.07, 6.45) is 3.73. The molecule has 0 saturated heterocycles. The third-order valence-corrected chi connectivity index (χ3v) is 4.63. The first kappa shape index (κ1) is 12.8. The third kappa shape index (κ3) is 2.86. The molecule has 1 saturated carbocycles. The Hall–Kier alpha value is -1.23. The highest BCUT2D eigenvalue weighted by Gasteiger charge is 2.48. The topological polar surface area (TPSA) is 45.1 Å². The molecule has 4 heteroatoms. The van der Waals surface area contributed by atoms with E-state index in [9.17, 15) is 5.11 Å². The van der Waals surface area contributed by atoms with Gasteiger partial charge in [0, 0.05) is 29.6 Å². The molecule has 1 aliphatic carbocycles. The average molecular weight is 274 g/mol. The lowest BCUT2D eigenvalue weighted by Gasteiger charge is -2.23. The summed E-state index contributed by atoms with van der Waals surface area (Å²) < 4.78 is 0. The summed E-state index contributed by atoms with van der Waals surface area (Å²) in [6, 6.07) is 9.97. The minimum Gasteiger partial charge on any atom is -0.388 e.